The van der Waals surface area contributed by atoms with E-state index in [-0.39, 0.29) is 12.1 Å². The number of rotatable bonds is 10. The highest BCUT2D eigenvalue weighted by molar-refractivity contribution is 6.15. The van der Waals surface area contributed by atoms with Crippen LogP contribution in [0.25, 0.3) is 67.2 Å². The third-order valence-electron chi connectivity index (χ3n) is 12.3. The fourth-order valence-electron chi connectivity index (χ4n) is 9.49. The van der Waals surface area contributed by atoms with Crippen LogP contribution in [0.2, 0.25) is 0 Å². The maximum absolute atomic E-state index is 5.54. The summed E-state index contributed by atoms with van der Waals surface area (Å²) in [5.41, 5.74) is 17.5. The van der Waals surface area contributed by atoms with Crippen molar-refractivity contribution in [3.8, 4) is 22.3 Å². The molecule has 9 rings (SSSR count). The van der Waals surface area contributed by atoms with Gasteiger partial charge >= 0.3 is 0 Å². The Bertz CT molecular complexity index is 2850. The highest BCUT2D eigenvalue weighted by atomic mass is 15.3. The molecule has 0 radical (unpaired) electrons. The number of fused-ring (bicyclic) bond motifs is 6. The maximum Gasteiger partial charge on any atom is 0.137 e. The zero-order valence-electron chi connectivity index (χ0n) is 36.3. The third kappa shape index (κ3) is 7.05. The minimum Gasteiger partial charge on any atom is -0.338 e. The zero-order valence-corrected chi connectivity index (χ0v) is 36.3. The largest absolute Gasteiger partial charge is 0.338 e. The molecule has 0 aromatic heterocycles. The van der Waals surface area contributed by atoms with Gasteiger partial charge in [-0.15, -0.1) is 0 Å². The number of amidine groups is 1. The standard InChI is InChI=1S/C56H50N2.C2H6/c1-7-11-19-38(9-3)56-57-54-51-34-43(29-31-49(51)53-35-52(54)55(58(53)56)37(6)27-26-36(5)39-20-13-12-14-21-39)41-23-17-22-40(32-41)42-28-30-48-47-25-16-15-24-46(47)44(10-4)45(18-8-2)50(48)33-42;1-2/h8-34,53,55H,4,7,35H2,1-3,5-6H3;1-2H3/b18-8-,19-11-,36-26+,37-27+,38-9+;. The second-order valence-electron chi connectivity index (χ2n) is 15.7. The van der Waals surface area contributed by atoms with E-state index >= 15 is 0 Å². The number of nitrogens with zero attached hydrogens (tertiary/aromatic N) is 2. The van der Waals surface area contributed by atoms with Gasteiger partial charge in [0.2, 0.25) is 0 Å². The van der Waals surface area contributed by atoms with Crippen LogP contribution in [-0.2, 0) is 0 Å². The molecule has 3 aliphatic rings. The smallest absolute Gasteiger partial charge is 0.137 e. The van der Waals surface area contributed by atoms with E-state index in [9.17, 15) is 0 Å². The van der Waals surface area contributed by atoms with Crippen LogP contribution in [0, 0.1) is 0 Å². The summed E-state index contributed by atoms with van der Waals surface area (Å²) in [6.07, 6.45) is 19.7. The van der Waals surface area contributed by atoms with Crippen LogP contribution in [0.5, 0.6) is 0 Å². The highest BCUT2D eigenvalue weighted by Crippen LogP contribution is 2.55. The van der Waals surface area contributed by atoms with E-state index in [4.69, 9.17) is 4.99 Å². The van der Waals surface area contributed by atoms with Gasteiger partial charge in [0.25, 0.3) is 0 Å². The van der Waals surface area contributed by atoms with Crippen molar-refractivity contribution in [3.63, 3.8) is 0 Å². The van der Waals surface area contributed by atoms with Gasteiger partial charge in [0.15, 0.2) is 0 Å². The number of hydrogen-bond donors (Lipinski definition) is 0. The Morgan fingerprint density at radius 2 is 1.42 bits per heavy atom. The minimum absolute atomic E-state index is 0.163. The Morgan fingerprint density at radius 3 is 2.13 bits per heavy atom. The fourth-order valence-corrected chi connectivity index (χ4v) is 9.49. The summed E-state index contributed by atoms with van der Waals surface area (Å²) >= 11 is 0. The molecule has 2 heteroatoms. The molecule has 1 fully saturated rings. The van der Waals surface area contributed by atoms with Crippen LogP contribution >= 0.6 is 0 Å². The Labute approximate surface area is 357 Å². The van der Waals surface area contributed by atoms with E-state index in [0.29, 0.717) is 0 Å². The molecule has 6 aromatic carbocycles. The molecule has 4 bridgehead atoms. The van der Waals surface area contributed by atoms with Crippen LogP contribution in [0.15, 0.2) is 180 Å². The lowest BCUT2D eigenvalue weighted by molar-refractivity contribution is 0.353. The van der Waals surface area contributed by atoms with Crippen molar-refractivity contribution in [1.29, 1.82) is 0 Å². The molecule has 3 aliphatic heterocycles. The van der Waals surface area contributed by atoms with Gasteiger partial charge in [-0.25, -0.2) is 4.99 Å². The number of benzene rings is 6. The highest BCUT2D eigenvalue weighted by Gasteiger charge is 2.49. The van der Waals surface area contributed by atoms with Gasteiger partial charge in [-0.05, 0) is 142 Å². The van der Waals surface area contributed by atoms with Crippen molar-refractivity contribution in [2.45, 2.75) is 73.4 Å². The third-order valence-corrected chi connectivity index (χ3v) is 12.3. The van der Waals surface area contributed by atoms with E-state index in [1.165, 1.54) is 93.9 Å². The van der Waals surface area contributed by atoms with Crippen LogP contribution in [0.1, 0.15) is 95.2 Å². The topological polar surface area (TPSA) is 15.6 Å². The summed E-state index contributed by atoms with van der Waals surface area (Å²) in [5.74, 6) is 1.08. The van der Waals surface area contributed by atoms with Gasteiger partial charge in [-0.3, -0.25) is 0 Å². The Balaban J connectivity index is 0.00000246. The Kier molecular flexibility index (Phi) is 11.7. The molecule has 1 saturated heterocycles. The molecule has 6 aromatic rings. The molecule has 2 nitrogen and oxygen atoms in total. The van der Waals surface area contributed by atoms with Gasteiger partial charge in [0, 0.05) is 11.1 Å². The maximum atomic E-state index is 5.54. The minimum atomic E-state index is 0.163. The summed E-state index contributed by atoms with van der Waals surface area (Å²) in [7, 11) is 0. The summed E-state index contributed by atoms with van der Waals surface area (Å²) in [6, 6.07) is 42.8. The summed E-state index contributed by atoms with van der Waals surface area (Å²) in [5, 5.41) is 4.99. The first-order valence-corrected chi connectivity index (χ1v) is 21.8. The first kappa shape index (κ1) is 40.3. The van der Waals surface area contributed by atoms with Crippen LogP contribution in [0.3, 0.4) is 0 Å². The number of allylic oxidation sites excluding steroid dienone is 6. The summed E-state index contributed by atoms with van der Waals surface area (Å²) in [4.78, 5) is 8.15. The first-order chi connectivity index (χ1) is 29.4. The van der Waals surface area contributed by atoms with E-state index < -0.39 is 0 Å². The fraction of sp³-hybridized carbons (Fsp3) is 0.190. The lowest BCUT2D eigenvalue weighted by atomic mass is 9.84. The molecule has 0 amide bonds. The van der Waals surface area contributed by atoms with Gasteiger partial charge < -0.3 is 4.90 Å². The second kappa shape index (κ2) is 17.4. The van der Waals surface area contributed by atoms with E-state index in [1.807, 2.05) is 19.9 Å². The summed E-state index contributed by atoms with van der Waals surface area (Å²) < 4.78 is 0. The van der Waals surface area contributed by atoms with Crippen molar-refractivity contribution in [3.05, 3.63) is 203 Å². The van der Waals surface area contributed by atoms with E-state index in [1.54, 1.807) is 0 Å². The lowest BCUT2D eigenvalue weighted by Gasteiger charge is -2.34. The molecule has 2 atom stereocenters. The Morgan fingerprint density at radius 1 is 0.733 bits per heavy atom. The molecular weight excluding hydrogens is 725 g/mol. The van der Waals surface area contributed by atoms with Gasteiger partial charge in [-0.2, -0.15) is 0 Å². The lowest BCUT2D eigenvalue weighted by Crippen LogP contribution is -2.39. The van der Waals surface area contributed by atoms with Crippen molar-refractivity contribution in [2.75, 3.05) is 0 Å². The molecule has 298 valence electrons. The average Bonchev–Trinajstić information content (AvgIpc) is 3.48. The number of hydrogen-bond acceptors (Lipinski definition) is 2. The van der Waals surface area contributed by atoms with Crippen molar-refractivity contribution < 1.29 is 0 Å². The van der Waals surface area contributed by atoms with E-state index in [0.717, 1.165) is 24.4 Å². The molecule has 0 N–H and O–H groups in total. The molecule has 0 spiro atoms. The van der Waals surface area contributed by atoms with Gasteiger partial charge in [0.1, 0.15) is 5.84 Å². The van der Waals surface area contributed by atoms with E-state index in [2.05, 4.69) is 204 Å². The molecule has 3 heterocycles. The first-order valence-electron chi connectivity index (χ1n) is 21.8. The zero-order chi connectivity index (χ0) is 41.9. The average molecular weight is 781 g/mol. The predicted octanol–water partition coefficient (Wildman–Crippen LogP) is 16.2. The molecule has 0 saturated carbocycles. The van der Waals surface area contributed by atoms with Crippen LogP contribution < -0.4 is 0 Å². The number of aliphatic imine (C=N–C) groups is 1. The second-order valence-corrected chi connectivity index (χ2v) is 15.7. The molecule has 60 heavy (non-hydrogen) atoms. The summed E-state index contributed by atoms with van der Waals surface area (Å²) in [6.45, 7) is 19.1. The van der Waals surface area contributed by atoms with Crippen LogP contribution in [0.4, 0.5) is 0 Å². The molecular formula is C58H56N2. The normalized spacial score (nSPS) is 17.5. The van der Waals surface area contributed by atoms with Gasteiger partial charge in [0.05, 0.1) is 17.8 Å². The SMILES string of the molecule is C=Cc1c(/C=C\C)c2cc(-c3cccc(-c4ccc5c(c4)C4=C6CC5N(C(C(/C=C\CC)=C/C)=N4)C6/C(C)=C/C=C(\C)c4ccccc4)c3)ccc2c2ccccc12.CC. The monoisotopic (exact) mass is 780 g/mol. The van der Waals surface area contributed by atoms with Crippen LogP contribution in [-0.4, -0.2) is 16.8 Å². The van der Waals surface area contributed by atoms with Crippen molar-refractivity contribution in [2.24, 2.45) is 4.99 Å². The predicted molar refractivity (Wildman–Crippen MR) is 263 cm³/mol. The quantitative estimate of drug-likeness (QED) is 0.0998. The Hall–Kier alpha value is -6.51. The molecule has 0 aliphatic carbocycles. The van der Waals surface area contributed by atoms with Gasteiger partial charge in [-0.1, -0.05) is 173 Å². The molecule has 2 unspecified atom stereocenters. The van der Waals surface area contributed by atoms with Crippen molar-refractivity contribution in [1.82, 2.24) is 4.90 Å². The van der Waals surface area contributed by atoms with Crippen molar-refractivity contribution >= 4 is 50.8 Å².